The van der Waals surface area contributed by atoms with E-state index in [-0.39, 0.29) is 5.91 Å². The van der Waals surface area contributed by atoms with E-state index in [9.17, 15) is 20.1 Å². The Kier molecular flexibility index (Phi) is 13.7. The van der Waals surface area contributed by atoms with Crippen molar-refractivity contribution in [1.82, 2.24) is 5.32 Å². The average Bonchev–Trinajstić information content (AvgIpc) is 3.41. The highest BCUT2D eigenvalue weighted by Crippen LogP contribution is 2.67. The molecule has 14 atom stereocenters. The molecule has 8 heteroatoms. The van der Waals surface area contributed by atoms with Crippen molar-refractivity contribution in [2.24, 2.45) is 46.3 Å². The lowest BCUT2D eigenvalue weighted by Crippen LogP contribution is -2.64. The van der Waals surface area contributed by atoms with Crippen molar-refractivity contribution in [3.63, 3.8) is 0 Å². The lowest BCUT2D eigenvalue weighted by Gasteiger charge is -2.58. The fourth-order valence-electron chi connectivity index (χ4n) is 11.6. The Morgan fingerprint density at radius 3 is 2.47 bits per heavy atom. The Balaban J connectivity index is 1.01. The quantitative estimate of drug-likeness (QED) is 0.0683. The van der Waals surface area contributed by atoms with Gasteiger partial charge in [0.1, 0.15) is 23.7 Å². The fraction of sp³-hybridized carbons (Fsp3) is 0.927. The number of hydrogen-bond acceptors (Lipinski definition) is 7. The summed E-state index contributed by atoms with van der Waals surface area (Å²) in [4.78, 5) is 11.4. The van der Waals surface area contributed by atoms with Crippen molar-refractivity contribution >= 4 is 18.5 Å². The van der Waals surface area contributed by atoms with Crippen molar-refractivity contribution in [1.29, 1.82) is 0 Å². The summed E-state index contributed by atoms with van der Waals surface area (Å²) in [6.07, 6.45) is 17.6. The van der Waals surface area contributed by atoms with Gasteiger partial charge in [0, 0.05) is 13.5 Å². The van der Waals surface area contributed by atoms with E-state index < -0.39 is 35.9 Å². The summed E-state index contributed by atoms with van der Waals surface area (Å²) in [5.74, 6) is 4.88. The molecule has 4 N–H and O–H groups in total. The van der Waals surface area contributed by atoms with E-state index in [1.54, 1.807) is 5.57 Å². The predicted molar refractivity (Wildman–Crippen MR) is 199 cm³/mol. The smallest absolute Gasteiger partial charge is 0.217 e. The summed E-state index contributed by atoms with van der Waals surface area (Å²) in [6.45, 7) is 14.7. The van der Waals surface area contributed by atoms with Crippen LogP contribution in [0.4, 0.5) is 0 Å². The molecule has 1 amide bonds. The number of fused-ring (bicyclic) bond motifs is 5. The Morgan fingerprint density at radius 2 is 1.73 bits per heavy atom. The molecule has 1 aliphatic heterocycles. The van der Waals surface area contributed by atoms with Gasteiger partial charge in [-0.1, -0.05) is 84.8 Å². The molecular weight excluding hydrogens is 635 g/mol. The normalized spacial score (nSPS) is 41.7. The third kappa shape index (κ3) is 8.78. The van der Waals surface area contributed by atoms with Gasteiger partial charge in [-0.2, -0.15) is 0 Å². The van der Waals surface area contributed by atoms with Crippen LogP contribution in [0.15, 0.2) is 11.6 Å². The van der Waals surface area contributed by atoms with Crippen molar-refractivity contribution < 1.29 is 29.6 Å². The summed E-state index contributed by atoms with van der Waals surface area (Å²) in [7, 11) is 0. The molecular formula is C41H71NO6S. The second kappa shape index (κ2) is 17.0. The molecule has 5 unspecified atom stereocenters. The van der Waals surface area contributed by atoms with Gasteiger partial charge in [-0.15, -0.1) is 12.6 Å². The van der Waals surface area contributed by atoms with Crippen LogP contribution in [0.3, 0.4) is 0 Å². The first-order chi connectivity index (χ1) is 23.3. The molecule has 0 spiro atoms. The molecule has 7 nitrogen and oxygen atoms in total. The standard InChI is InChI=1S/C41H71NO6S/c1-25(2)12-11-13-26(3)31-17-18-32-30-16-15-28-24-29(19-21-40(28,5)33(30)20-22-41(31,32)6)47-23-10-8-7-9-14-34(44)38-37(46)36(45)35(39(49)48-38)42-27(4)43/h15,25-26,29-39,44-46,49H,7-14,16-24H2,1-6H3,(H,42,43)/t26-,29?,30?,31-,32?,33?,34?,35-,36-,37-,38-,39+,40+,41-/m1/s1. The molecule has 4 fully saturated rings. The molecule has 49 heavy (non-hydrogen) atoms. The number of hydrogen-bond donors (Lipinski definition) is 5. The maximum absolute atomic E-state index is 11.4. The Labute approximate surface area is 303 Å². The molecule has 1 heterocycles. The third-order valence-electron chi connectivity index (χ3n) is 14.4. The fourth-order valence-corrected chi connectivity index (χ4v) is 12.0. The van der Waals surface area contributed by atoms with Gasteiger partial charge in [0.25, 0.3) is 0 Å². The SMILES string of the molecule is CC(=O)N[C@@H]1[C@@H](O)[C@@H](O)[C@@H](C(O)CCCCCCOC2CC[C@@]3(C)C(=CCC4C3CC[C@@]3(C)C4CC[C@@H]3[C@H](C)CCCC(C)C)C2)O[C@H]1S. The summed E-state index contributed by atoms with van der Waals surface area (Å²) < 4.78 is 12.2. The van der Waals surface area contributed by atoms with Crippen molar-refractivity contribution in [2.45, 2.75) is 186 Å². The molecule has 4 aliphatic carbocycles. The minimum atomic E-state index is -1.29. The van der Waals surface area contributed by atoms with Gasteiger partial charge >= 0.3 is 0 Å². The number of unbranched alkanes of at least 4 members (excludes halogenated alkanes) is 3. The van der Waals surface area contributed by atoms with E-state index in [2.05, 4.69) is 58.6 Å². The molecule has 5 rings (SSSR count). The van der Waals surface area contributed by atoms with Gasteiger partial charge in [0.15, 0.2) is 0 Å². The van der Waals surface area contributed by atoms with Crippen LogP contribution in [0.5, 0.6) is 0 Å². The zero-order valence-corrected chi connectivity index (χ0v) is 32.5. The van der Waals surface area contributed by atoms with Crippen LogP contribution in [0.1, 0.15) is 144 Å². The molecule has 0 aromatic heterocycles. The summed E-state index contributed by atoms with van der Waals surface area (Å²) in [5, 5.41) is 34.2. The number of ether oxygens (including phenoxy) is 2. The second-order valence-electron chi connectivity index (χ2n) is 18.0. The largest absolute Gasteiger partial charge is 0.390 e. The van der Waals surface area contributed by atoms with Gasteiger partial charge in [-0.25, -0.2) is 0 Å². The van der Waals surface area contributed by atoms with E-state index in [0.717, 1.165) is 74.2 Å². The van der Waals surface area contributed by atoms with E-state index in [1.807, 2.05) is 0 Å². The molecule has 3 saturated carbocycles. The van der Waals surface area contributed by atoms with Crippen LogP contribution < -0.4 is 5.32 Å². The molecule has 1 saturated heterocycles. The summed E-state index contributed by atoms with van der Waals surface area (Å²) in [6, 6.07) is -0.829. The van der Waals surface area contributed by atoms with Gasteiger partial charge in [-0.3, -0.25) is 4.79 Å². The molecule has 0 bridgehead atoms. The number of nitrogens with one attached hydrogen (secondary N) is 1. The minimum Gasteiger partial charge on any atom is -0.390 e. The number of aliphatic hydroxyl groups is 3. The Morgan fingerprint density at radius 1 is 0.980 bits per heavy atom. The van der Waals surface area contributed by atoms with Crippen LogP contribution in [0.2, 0.25) is 0 Å². The maximum Gasteiger partial charge on any atom is 0.217 e. The first-order valence-corrected chi connectivity index (χ1v) is 20.7. The number of rotatable bonds is 15. The highest BCUT2D eigenvalue weighted by atomic mass is 32.1. The first kappa shape index (κ1) is 39.6. The summed E-state index contributed by atoms with van der Waals surface area (Å²) >= 11 is 4.33. The van der Waals surface area contributed by atoms with Gasteiger partial charge in [0.05, 0.1) is 18.2 Å². The number of thiol groups is 1. The summed E-state index contributed by atoms with van der Waals surface area (Å²) in [5.41, 5.74) is 1.79. The van der Waals surface area contributed by atoms with Gasteiger partial charge in [0.2, 0.25) is 5.91 Å². The molecule has 0 radical (unpaired) electrons. The number of carbonyl (C=O) groups excluding carboxylic acids is 1. The molecule has 5 aliphatic rings. The molecule has 0 aromatic carbocycles. The van der Waals surface area contributed by atoms with Crippen molar-refractivity contribution in [3.05, 3.63) is 11.6 Å². The van der Waals surface area contributed by atoms with E-state index in [4.69, 9.17) is 9.47 Å². The van der Waals surface area contributed by atoms with E-state index in [1.165, 1.54) is 71.1 Å². The van der Waals surface area contributed by atoms with Crippen LogP contribution in [-0.2, 0) is 14.3 Å². The Hall–Kier alpha value is -0.640. The highest BCUT2D eigenvalue weighted by Gasteiger charge is 2.59. The lowest BCUT2D eigenvalue weighted by molar-refractivity contribution is -0.192. The average molecular weight is 706 g/mol. The maximum atomic E-state index is 11.4. The van der Waals surface area contributed by atoms with Crippen LogP contribution in [0.25, 0.3) is 0 Å². The zero-order valence-electron chi connectivity index (χ0n) is 31.6. The Bertz CT molecular complexity index is 1120. The monoisotopic (exact) mass is 706 g/mol. The van der Waals surface area contributed by atoms with E-state index >= 15 is 0 Å². The van der Waals surface area contributed by atoms with Crippen LogP contribution in [-0.4, -0.2) is 69.8 Å². The first-order valence-electron chi connectivity index (χ1n) is 20.2. The number of amides is 1. The van der Waals surface area contributed by atoms with Crippen molar-refractivity contribution in [2.75, 3.05) is 6.61 Å². The van der Waals surface area contributed by atoms with Gasteiger partial charge in [-0.05, 0) is 111 Å². The second-order valence-corrected chi connectivity index (χ2v) is 18.5. The van der Waals surface area contributed by atoms with E-state index in [0.29, 0.717) is 23.4 Å². The number of allylic oxidation sites excluding steroid dienone is 1. The molecule has 0 aromatic rings. The highest BCUT2D eigenvalue weighted by molar-refractivity contribution is 7.80. The van der Waals surface area contributed by atoms with Crippen LogP contribution >= 0.6 is 12.6 Å². The third-order valence-corrected chi connectivity index (χ3v) is 14.9. The lowest BCUT2D eigenvalue weighted by atomic mass is 9.47. The van der Waals surface area contributed by atoms with Gasteiger partial charge < -0.3 is 30.1 Å². The molecule has 282 valence electrons. The number of carbonyl (C=O) groups is 1. The predicted octanol–water partition coefficient (Wildman–Crippen LogP) is 7.61. The van der Waals surface area contributed by atoms with Crippen molar-refractivity contribution in [3.8, 4) is 0 Å². The number of aliphatic hydroxyl groups excluding tert-OH is 3. The van der Waals surface area contributed by atoms with Crippen LogP contribution in [0, 0.1) is 46.3 Å². The minimum absolute atomic E-state index is 0.334. The topological polar surface area (TPSA) is 108 Å². The zero-order chi connectivity index (χ0) is 35.5.